The van der Waals surface area contributed by atoms with Gasteiger partial charge in [0.05, 0.1) is 24.1 Å². The molecule has 0 spiro atoms. The number of hydrogen-bond donors (Lipinski definition) is 4. The molecule has 0 amide bonds. The lowest BCUT2D eigenvalue weighted by atomic mass is 9.96. The number of methoxy groups -OCH3 is 1. The van der Waals surface area contributed by atoms with Crippen molar-refractivity contribution in [3.8, 4) is 28.4 Å². The second kappa shape index (κ2) is 8.51. The molecular weight excluding hydrogens is 462 g/mol. The smallest absolute Gasteiger partial charge is 0.274 e. The topological polar surface area (TPSA) is 133 Å². The van der Waals surface area contributed by atoms with Crippen molar-refractivity contribution in [2.45, 2.75) is 51.0 Å². The van der Waals surface area contributed by atoms with Crippen LogP contribution in [0.5, 0.6) is 17.2 Å². The van der Waals surface area contributed by atoms with Crippen LogP contribution in [-0.4, -0.2) is 32.1 Å². The van der Waals surface area contributed by atoms with Crippen LogP contribution in [0.2, 0.25) is 0 Å². The van der Waals surface area contributed by atoms with Gasteiger partial charge >= 0.3 is 0 Å². The summed E-state index contributed by atoms with van der Waals surface area (Å²) in [6.45, 7) is 0. The van der Waals surface area contributed by atoms with Crippen LogP contribution in [0.4, 0.5) is 0 Å². The molecule has 0 unspecified atom stereocenters. The Hall–Kier alpha value is -4.14. The number of H-pyrrole nitrogens is 2. The van der Waals surface area contributed by atoms with Gasteiger partial charge in [0, 0.05) is 10.9 Å². The van der Waals surface area contributed by atoms with Gasteiger partial charge in [-0.15, -0.1) is 0 Å². The zero-order valence-corrected chi connectivity index (χ0v) is 19.9. The van der Waals surface area contributed by atoms with E-state index in [2.05, 4.69) is 10.1 Å². The quantitative estimate of drug-likeness (QED) is 0.272. The number of aromatic nitrogens is 3. The number of phenolic OH excluding ortho intramolecular Hbond substituents is 2. The van der Waals surface area contributed by atoms with Gasteiger partial charge in [0.25, 0.3) is 5.56 Å². The highest BCUT2D eigenvalue weighted by molar-refractivity contribution is 6.15. The van der Waals surface area contributed by atoms with E-state index >= 15 is 0 Å². The number of aromatic hydroxyl groups is 2. The molecule has 5 aromatic rings. The maximum Gasteiger partial charge on any atom is 0.274 e. The monoisotopic (exact) mass is 489 g/mol. The molecule has 36 heavy (non-hydrogen) atoms. The molecule has 0 saturated heterocycles. The maximum absolute atomic E-state index is 13.5. The first kappa shape index (κ1) is 22.3. The van der Waals surface area contributed by atoms with Gasteiger partial charge in [0.1, 0.15) is 5.65 Å². The van der Waals surface area contributed by atoms with Gasteiger partial charge < -0.3 is 24.4 Å². The molecule has 0 aliphatic heterocycles. The van der Waals surface area contributed by atoms with Gasteiger partial charge in [-0.1, -0.05) is 38.2 Å². The van der Waals surface area contributed by atoms with Crippen molar-refractivity contribution in [1.82, 2.24) is 14.8 Å². The lowest BCUT2D eigenvalue weighted by Gasteiger charge is -2.21. The molecule has 4 N–H and O–H groups in total. The molecule has 1 fully saturated rings. The van der Waals surface area contributed by atoms with E-state index in [9.17, 15) is 19.8 Å². The summed E-state index contributed by atoms with van der Waals surface area (Å²) in [7, 11) is 1.46. The molecule has 9 nitrogen and oxygen atoms in total. The van der Waals surface area contributed by atoms with Crippen LogP contribution >= 0.6 is 0 Å². The lowest BCUT2D eigenvalue weighted by Crippen LogP contribution is -2.15. The standard InChI is InChI=1S/C27H27N3O6/c1-35-19-12-9-14(13-18(19)32)20-21-26(30(29-27(21)34)15-7-5-3-2-4-6-8-15)28-22-16-10-11-17(31)23(33)24(16)36-25(20)22/h9-13,15,28,32-33H,2-8H2,1H3,(H,29,34). The van der Waals surface area contributed by atoms with E-state index in [1.165, 1.54) is 38.5 Å². The van der Waals surface area contributed by atoms with Gasteiger partial charge in [-0.25, -0.2) is 0 Å². The summed E-state index contributed by atoms with van der Waals surface area (Å²) in [6, 6.07) is 7.90. The van der Waals surface area contributed by atoms with Crippen molar-refractivity contribution in [1.29, 1.82) is 0 Å². The molecule has 6 rings (SSSR count). The third-order valence-corrected chi connectivity index (χ3v) is 7.35. The van der Waals surface area contributed by atoms with Crippen LogP contribution < -0.4 is 15.7 Å². The first-order valence-electron chi connectivity index (χ1n) is 12.3. The second-order valence-electron chi connectivity index (χ2n) is 9.52. The predicted molar refractivity (Wildman–Crippen MR) is 137 cm³/mol. The number of aromatic amines is 2. The van der Waals surface area contributed by atoms with Crippen molar-refractivity contribution in [3.63, 3.8) is 0 Å². The fraction of sp³-hybridized carbons (Fsp3) is 0.333. The summed E-state index contributed by atoms with van der Waals surface area (Å²) in [6.07, 6.45) is 7.67. The lowest BCUT2D eigenvalue weighted by molar-refractivity contribution is 0.353. The molecule has 1 saturated carbocycles. The third kappa shape index (κ3) is 3.37. The number of fused-ring (bicyclic) bond motifs is 4. The van der Waals surface area contributed by atoms with Gasteiger partial charge in [0.2, 0.25) is 11.2 Å². The number of ether oxygens (including phenoxy) is 1. The first-order chi connectivity index (χ1) is 17.5. The highest BCUT2D eigenvalue weighted by Gasteiger charge is 2.26. The normalized spacial score (nSPS) is 15.5. The van der Waals surface area contributed by atoms with E-state index in [1.54, 1.807) is 18.2 Å². The van der Waals surface area contributed by atoms with Crippen LogP contribution in [0.15, 0.2) is 44.3 Å². The van der Waals surface area contributed by atoms with Crippen molar-refractivity contribution in [2.75, 3.05) is 7.11 Å². The van der Waals surface area contributed by atoms with Crippen LogP contribution in [0, 0.1) is 0 Å². The maximum atomic E-state index is 13.5. The van der Waals surface area contributed by atoms with Crippen LogP contribution in [0.3, 0.4) is 0 Å². The van der Waals surface area contributed by atoms with Crippen molar-refractivity contribution in [2.24, 2.45) is 0 Å². The Morgan fingerprint density at radius 3 is 2.47 bits per heavy atom. The number of nitrogens with zero attached hydrogens (tertiary/aromatic N) is 1. The summed E-state index contributed by atoms with van der Waals surface area (Å²) in [5, 5.41) is 24.9. The second-order valence-corrected chi connectivity index (χ2v) is 9.52. The van der Waals surface area contributed by atoms with E-state index in [-0.39, 0.29) is 22.9 Å². The minimum Gasteiger partial charge on any atom is -0.504 e. The largest absolute Gasteiger partial charge is 0.504 e. The fourth-order valence-corrected chi connectivity index (χ4v) is 5.55. The summed E-state index contributed by atoms with van der Waals surface area (Å²) < 4.78 is 13.2. The molecule has 0 atom stereocenters. The number of nitrogens with one attached hydrogen (secondary N) is 2. The SMILES string of the molecule is COc1ccc(-c2c3oc4c(O)c(=O)ccc4c3[nH]c3c2c(=O)[nH]n3C2CCCCCCC2)cc1O. The molecule has 3 heterocycles. The number of benzene rings is 2. The average Bonchev–Trinajstić information content (AvgIpc) is 3.38. The highest BCUT2D eigenvalue weighted by atomic mass is 16.5. The number of pyridine rings is 1. The van der Waals surface area contributed by atoms with E-state index in [0.29, 0.717) is 44.4 Å². The Morgan fingerprint density at radius 1 is 1.00 bits per heavy atom. The number of phenols is 2. The fourth-order valence-electron chi connectivity index (χ4n) is 5.55. The third-order valence-electron chi connectivity index (χ3n) is 7.35. The summed E-state index contributed by atoms with van der Waals surface area (Å²) >= 11 is 0. The Kier molecular flexibility index (Phi) is 5.28. The van der Waals surface area contributed by atoms with Crippen molar-refractivity contribution >= 4 is 33.1 Å². The van der Waals surface area contributed by atoms with E-state index in [0.717, 1.165) is 25.7 Å². The van der Waals surface area contributed by atoms with Gasteiger partial charge in [0.15, 0.2) is 22.7 Å². The van der Waals surface area contributed by atoms with Crippen LogP contribution in [-0.2, 0) is 0 Å². The molecular formula is C27H27N3O6. The average molecular weight is 490 g/mol. The minimum absolute atomic E-state index is 0.0503. The van der Waals surface area contributed by atoms with E-state index in [1.807, 2.05) is 4.68 Å². The van der Waals surface area contributed by atoms with Gasteiger partial charge in [-0.3, -0.25) is 19.4 Å². The molecule has 0 bridgehead atoms. The van der Waals surface area contributed by atoms with E-state index < -0.39 is 11.2 Å². The Labute approximate surface area is 204 Å². The first-order valence-corrected chi connectivity index (χ1v) is 12.3. The molecule has 2 aromatic carbocycles. The van der Waals surface area contributed by atoms with Crippen LogP contribution in [0.25, 0.3) is 44.2 Å². The summed E-state index contributed by atoms with van der Waals surface area (Å²) in [5.74, 6) is -0.268. The molecule has 1 aliphatic rings. The van der Waals surface area contributed by atoms with E-state index in [4.69, 9.17) is 9.15 Å². The van der Waals surface area contributed by atoms with Crippen molar-refractivity contribution < 1.29 is 19.4 Å². The number of hydrogen-bond acceptors (Lipinski definition) is 6. The molecule has 1 aliphatic carbocycles. The molecule has 9 heteroatoms. The Morgan fingerprint density at radius 2 is 1.75 bits per heavy atom. The number of furan rings is 1. The van der Waals surface area contributed by atoms with Gasteiger partial charge in [-0.05, 0) is 42.7 Å². The van der Waals surface area contributed by atoms with Crippen LogP contribution in [0.1, 0.15) is 51.0 Å². The van der Waals surface area contributed by atoms with Crippen molar-refractivity contribution in [3.05, 3.63) is 50.9 Å². The highest BCUT2D eigenvalue weighted by Crippen LogP contribution is 2.42. The Balaban J connectivity index is 1.72. The van der Waals surface area contributed by atoms with Gasteiger partial charge in [-0.2, -0.15) is 0 Å². The molecule has 3 aromatic heterocycles. The summed E-state index contributed by atoms with van der Waals surface area (Å²) in [5.41, 5.74) is 1.69. The zero-order chi connectivity index (χ0) is 25.0. The molecule has 186 valence electrons. The Bertz CT molecular complexity index is 1730. The summed E-state index contributed by atoms with van der Waals surface area (Å²) in [4.78, 5) is 29.0. The predicted octanol–water partition coefficient (Wildman–Crippen LogP) is 5.29. The zero-order valence-electron chi connectivity index (χ0n) is 19.9. The molecule has 0 radical (unpaired) electrons. The number of rotatable bonds is 3. The minimum atomic E-state index is -0.549.